The Kier molecular flexibility index (Phi) is 7.19. The van der Waals surface area contributed by atoms with Gasteiger partial charge in [-0.3, -0.25) is 4.79 Å². The maximum absolute atomic E-state index is 12.9. The summed E-state index contributed by atoms with van der Waals surface area (Å²) in [6.07, 6.45) is 0. The molecule has 0 saturated heterocycles. The van der Waals surface area contributed by atoms with E-state index in [1.54, 1.807) is 25.3 Å². The molecule has 0 unspecified atom stereocenters. The molecule has 2 N–H and O–H groups in total. The summed E-state index contributed by atoms with van der Waals surface area (Å²) in [4.78, 5) is 11.9. The maximum atomic E-state index is 12.9. The van der Waals surface area contributed by atoms with Gasteiger partial charge in [0.25, 0.3) is 5.91 Å². The molecular weight excluding hydrogens is 347 g/mol. The maximum Gasteiger partial charge on any atom is 0.258 e. The van der Waals surface area contributed by atoms with Crippen LogP contribution in [0.5, 0.6) is 11.5 Å². The molecule has 0 aliphatic heterocycles. The molecule has 2 aromatic carbocycles. The fourth-order valence-electron chi connectivity index (χ4n) is 2.49. The third-order valence-electron chi connectivity index (χ3n) is 3.67. The average Bonchev–Trinajstić information content (AvgIpc) is 2.60. The van der Waals surface area contributed by atoms with E-state index in [9.17, 15) is 9.18 Å². The molecule has 0 atom stereocenters. The topological polar surface area (TPSA) is 59.6 Å². The van der Waals surface area contributed by atoms with Crippen LogP contribution in [0.4, 0.5) is 4.39 Å². The van der Waals surface area contributed by atoms with Crippen molar-refractivity contribution in [2.45, 2.75) is 39.4 Å². The number of carbonyl (C=O) groups excluding carboxylic acids is 1. The summed E-state index contributed by atoms with van der Waals surface area (Å²) in [5, 5.41) is 6.15. The number of hydrogen-bond acceptors (Lipinski definition) is 4. The lowest BCUT2D eigenvalue weighted by atomic mass is 10.1. The van der Waals surface area contributed by atoms with Gasteiger partial charge in [0.2, 0.25) is 0 Å². The van der Waals surface area contributed by atoms with Crippen molar-refractivity contribution in [2.24, 2.45) is 0 Å². The van der Waals surface area contributed by atoms with Gasteiger partial charge in [0.15, 0.2) is 18.1 Å². The lowest BCUT2D eigenvalue weighted by Crippen LogP contribution is -2.43. The quantitative estimate of drug-likeness (QED) is 0.743. The molecule has 2 aromatic rings. The molecule has 0 heterocycles. The van der Waals surface area contributed by atoms with Gasteiger partial charge in [-0.15, -0.1) is 0 Å². The minimum absolute atomic E-state index is 0.0736. The van der Waals surface area contributed by atoms with Crippen molar-refractivity contribution in [3.8, 4) is 11.5 Å². The number of rotatable bonds is 8. The fourth-order valence-corrected chi connectivity index (χ4v) is 2.49. The lowest BCUT2D eigenvalue weighted by Gasteiger charge is -2.20. The monoisotopic (exact) mass is 374 g/mol. The molecule has 27 heavy (non-hydrogen) atoms. The minimum atomic E-state index is -0.301. The zero-order chi connectivity index (χ0) is 19.9. The highest BCUT2D eigenvalue weighted by Gasteiger charge is 2.15. The largest absolute Gasteiger partial charge is 0.493 e. The van der Waals surface area contributed by atoms with E-state index in [1.165, 1.54) is 12.1 Å². The first-order valence-corrected chi connectivity index (χ1v) is 8.83. The number of methoxy groups -OCH3 is 1. The molecule has 2 rings (SSSR count). The van der Waals surface area contributed by atoms with Crippen LogP contribution in [0.3, 0.4) is 0 Å². The molecule has 146 valence electrons. The second-order valence-corrected chi connectivity index (χ2v) is 7.30. The molecule has 0 spiro atoms. The first-order chi connectivity index (χ1) is 12.8. The predicted octanol–water partition coefficient (Wildman–Crippen LogP) is 3.42. The van der Waals surface area contributed by atoms with Crippen LogP contribution in [0.2, 0.25) is 0 Å². The van der Waals surface area contributed by atoms with Crippen molar-refractivity contribution in [3.05, 3.63) is 59.4 Å². The summed E-state index contributed by atoms with van der Waals surface area (Å²) in [5.74, 6) is 0.660. The molecule has 0 aliphatic rings. The van der Waals surface area contributed by atoms with Crippen LogP contribution < -0.4 is 20.1 Å². The standard InChI is InChI=1S/C21H27FN2O3/c1-21(2,3)24-20(25)14-27-18-10-7-16(11-19(18)26-4)13-23-12-15-5-8-17(22)9-6-15/h5-11,23H,12-14H2,1-4H3,(H,24,25). The summed E-state index contributed by atoms with van der Waals surface area (Å²) in [7, 11) is 1.56. The first kappa shape index (κ1) is 20.7. The van der Waals surface area contributed by atoms with Crippen molar-refractivity contribution in [3.63, 3.8) is 0 Å². The van der Waals surface area contributed by atoms with Crippen LogP contribution in [0.25, 0.3) is 0 Å². The fraction of sp³-hybridized carbons (Fsp3) is 0.381. The molecule has 0 radical (unpaired) electrons. The molecule has 0 fully saturated rings. The van der Waals surface area contributed by atoms with E-state index in [1.807, 2.05) is 32.9 Å². The van der Waals surface area contributed by atoms with E-state index in [2.05, 4.69) is 10.6 Å². The highest BCUT2D eigenvalue weighted by molar-refractivity contribution is 5.78. The Morgan fingerprint density at radius 3 is 2.26 bits per heavy atom. The number of carbonyl (C=O) groups is 1. The number of ether oxygens (including phenoxy) is 2. The number of amides is 1. The van der Waals surface area contributed by atoms with Crippen LogP contribution >= 0.6 is 0 Å². The van der Waals surface area contributed by atoms with Crippen molar-refractivity contribution in [1.82, 2.24) is 10.6 Å². The Bertz CT molecular complexity index is 755. The van der Waals surface area contributed by atoms with Crippen LogP contribution in [-0.2, 0) is 17.9 Å². The Morgan fingerprint density at radius 1 is 1.00 bits per heavy atom. The predicted molar refractivity (Wildman–Crippen MR) is 103 cm³/mol. The number of halogens is 1. The Balaban J connectivity index is 1.89. The van der Waals surface area contributed by atoms with Gasteiger partial charge in [0, 0.05) is 18.6 Å². The summed E-state index contributed by atoms with van der Waals surface area (Å²) in [6.45, 7) is 6.93. The summed E-state index contributed by atoms with van der Waals surface area (Å²) in [5.41, 5.74) is 1.72. The highest BCUT2D eigenvalue weighted by Crippen LogP contribution is 2.28. The van der Waals surface area contributed by atoms with E-state index in [0.717, 1.165) is 11.1 Å². The van der Waals surface area contributed by atoms with Crippen molar-refractivity contribution in [1.29, 1.82) is 0 Å². The van der Waals surface area contributed by atoms with Crippen LogP contribution in [-0.4, -0.2) is 25.2 Å². The van der Waals surface area contributed by atoms with Gasteiger partial charge in [-0.25, -0.2) is 4.39 Å². The zero-order valence-electron chi connectivity index (χ0n) is 16.3. The summed E-state index contributed by atoms with van der Waals surface area (Å²) in [6, 6.07) is 12.0. The number of benzene rings is 2. The number of hydrogen-bond donors (Lipinski definition) is 2. The van der Waals surface area contributed by atoms with Crippen LogP contribution in [0.15, 0.2) is 42.5 Å². The SMILES string of the molecule is COc1cc(CNCc2ccc(F)cc2)ccc1OCC(=O)NC(C)(C)C. The Hall–Kier alpha value is -2.60. The molecule has 0 aromatic heterocycles. The smallest absolute Gasteiger partial charge is 0.258 e. The molecule has 6 heteroatoms. The van der Waals surface area contributed by atoms with E-state index >= 15 is 0 Å². The van der Waals surface area contributed by atoms with Crippen molar-refractivity contribution >= 4 is 5.91 Å². The van der Waals surface area contributed by atoms with Crippen molar-refractivity contribution < 1.29 is 18.7 Å². The number of nitrogens with one attached hydrogen (secondary N) is 2. The van der Waals surface area contributed by atoms with Gasteiger partial charge in [-0.05, 0) is 56.2 Å². The van der Waals surface area contributed by atoms with Gasteiger partial charge in [-0.2, -0.15) is 0 Å². The second-order valence-electron chi connectivity index (χ2n) is 7.30. The third kappa shape index (κ3) is 7.27. The third-order valence-corrected chi connectivity index (χ3v) is 3.67. The van der Waals surface area contributed by atoms with Gasteiger partial charge >= 0.3 is 0 Å². The van der Waals surface area contributed by atoms with Gasteiger partial charge in [0.1, 0.15) is 5.82 Å². The minimum Gasteiger partial charge on any atom is -0.493 e. The van der Waals surface area contributed by atoms with E-state index in [0.29, 0.717) is 24.6 Å². The van der Waals surface area contributed by atoms with E-state index in [4.69, 9.17) is 9.47 Å². The summed E-state index contributed by atoms with van der Waals surface area (Å²) < 4.78 is 23.9. The molecule has 0 saturated carbocycles. The average molecular weight is 374 g/mol. The van der Waals surface area contributed by atoms with Crippen LogP contribution in [0, 0.1) is 5.82 Å². The van der Waals surface area contributed by atoms with Gasteiger partial charge in [0.05, 0.1) is 7.11 Å². The van der Waals surface area contributed by atoms with Crippen LogP contribution in [0.1, 0.15) is 31.9 Å². The first-order valence-electron chi connectivity index (χ1n) is 8.83. The highest BCUT2D eigenvalue weighted by atomic mass is 19.1. The molecule has 0 aliphatic carbocycles. The molecule has 0 bridgehead atoms. The second kappa shape index (κ2) is 9.37. The molecule has 5 nitrogen and oxygen atoms in total. The van der Waals surface area contributed by atoms with E-state index in [-0.39, 0.29) is 23.9 Å². The van der Waals surface area contributed by atoms with Gasteiger partial charge in [-0.1, -0.05) is 18.2 Å². The zero-order valence-corrected chi connectivity index (χ0v) is 16.3. The molecule has 1 amide bonds. The Labute approximate surface area is 159 Å². The Morgan fingerprint density at radius 2 is 1.63 bits per heavy atom. The normalized spacial score (nSPS) is 11.1. The lowest BCUT2D eigenvalue weighted by molar-refractivity contribution is -0.124. The van der Waals surface area contributed by atoms with Gasteiger partial charge < -0.3 is 20.1 Å². The van der Waals surface area contributed by atoms with Crippen molar-refractivity contribution in [2.75, 3.05) is 13.7 Å². The summed E-state index contributed by atoms with van der Waals surface area (Å²) >= 11 is 0. The van der Waals surface area contributed by atoms with E-state index < -0.39 is 0 Å². The molecular formula is C21H27FN2O3.